The molecule has 5 rings (SSSR count). The minimum atomic E-state index is -0.0787. The van der Waals surface area contributed by atoms with Gasteiger partial charge < -0.3 is 18.8 Å². The van der Waals surface area contributed by atoms with Gasteiger partial charge in [-0.25, -0.2) is 4.63 Å². The van der Waals surface area contributed by atoms with Gasteiger partial charge in [0.15, 0.2) is 0 Å². The maximum absolute atomic E-state index is 13.5. The number of carbonyl (C=O) groups is 1. The quantitative estimate of drug-likeness (QED) is 0.448. The van der Waals surface area contributed by atoms with E-state index in [0.29, 0.717) is 49.0 Å². The second kappa shape index (κ2) is 9.41. The molecule has 1 fully saturated rings. The van der Waals surface area contributed by atoms with E-state index in [4.69, 9.17) is 14.1 Å². The van der Waals surface area contributed by atoms with Crippen molar-refractivity contribution in [1.82, 2.24) is 24.6 Å². The third kappa shape index (κ3) is 4.58. The summed E-state index contributed by atoms with van der Waals surface area (Å²) in [7, 11) is 0. The Hall–Kier alpha value is -3.72. The Morgan fingerprint density at radius 1 is 1.15 bits per heavy atom. The van der Waals surface area contributed by atoms with Crippen LogP contribution in [-0.2, 0) is 17.8 Å². The van der Waals surface area contributed by atoms with Crippen LogP contribution < -0.4 is 4.74 Å². The standard InChI is InChI=1S/C24H25N5O4/c1-17-21(27-33-26-17)16-32-23-7-3-2-5-19(23)24(30)29-11-12-31-15-18(14-29)13-20-22-6-4-9-28(22)10-8-25-20/h2-10,18H,11-16H2,1H3. The second-order valence-electron chi connectivity index (χ2n) is 8.15. The lowest BCUT2D eigenvalue weighted by molar-refractivity contribution is 0.0732. The zero-order valence-corrected chi connectivity index (χ0v) is 18.4. The number of carbonyl (C=O) groups excluding carboxylic acids is 1. The van der Waals surface area contributed by atoms with Gasteiger partial charge in [-0.1, -0.05) is 22.4 Å². The van der Waals surface area contributed by atoms with Crippen molar-refractivity contribution in [2.45, 2.75) is 20.0 Å². The zero-order valence-electron chi connectivity index (χ0n) is 18.4. The molecule has 1 amide bonds. The van der Waals surface area contributed by atoms with Crippen LogP contribution in [0.4, 0.5) is 0 Å². The van der Waals surface area contributed by atoms with Gasteiger partial charge in [-0.05, 0) is 37.6 Å². The number of hydrogen-bond donors (Lipinski definition) is 0. The normalized spacial score (nSPS) is 16.6. The van der Waals surface area contributed by atoms with E-state index in [1.165, 1.54) is 0 Å². The van der Waals surface area contributed by atoms with Gasteiger partial charge in [-0.3, -0.25) is 9.78 Å². The van der Waals surface area contributed by atoms with Gasteiger partial charge in [-0.2, -0.15) is 0 Å². The Bertz CT molecular complexity index is 1250. The van der Waals surface area contributed by atoms with Crippen LogP contribution in [0.3, 0.4) is 0 Å². The molecule has 1 saturated heterocycles. The van der Waals surface area contributed by atoms with Crippen molar-refractivity contribution in [3.8, 4) is 5.75 Å². The van der Waals surface area contributed by atoms with Crippen molar-refractivity contribution >= 4 is 11.4 Å². The molecule has 1 aromatic carbocycles. The number of fused-ring (bicyclic) bond motifs is 1. The second-order valence-corrected chi connectivity index (χ2v) is 8.15. The van der Waals surface area contributed by atoms with Crippen LogP contribution >= 0.6 is 0 Å². The van der Waals surface area contributed by atoms with E-state index >= 15 is 0 Å². The Morgan fingerprint density at radius 2 is 2.06 bits per heavy atom. The number of rotatable bonds is 6. The molecule has 1 aliphatic rings. The van der Waals surface area contributed by atoms with Crippen molar-refractivity contribution in [1.29, 1.82) is 0 Å². The van der Waals surface area contributed by atoms with Gasteiger partial charge >= 0.3 is 0 Å². The van der Waals surface area contributed by atoms with Crippen LogP contribution in [0.25, 0.3) is 5.52 Å². The van der Waals surface area contributed by atoms with Crippen LogP contribution in [0.5, 0.6) is 5.75 Å². The molecular formula is C24H25N5O4. The molecule has 0 saturated carbocycles. The first kappa shape index (κ1) is 21.1. The number of amides is 1. The summed E-state index contributed by atoms with van der Waals surface area (Å²) in [6.07, 6.45) is 6.48. The van der Waals surface area contributed by atoms with E-state index in [0.717, 1.165) is 17.6 Å². The van der Waals surface area contributed by atoms with Crippen molar-refractivity contribution in [2.24, 2.45) is 5.92 Å². The van der Waals surface area contributed by atoms with Crippen LogP contribution in [0.2, 0.25) is 0 Å². The minimum absolute atomic E-state index is 0.0787. The number of hydrogen-bond acceptors (Lipinski definition) is 7. The van der Waals surface area contributed by atoms with E-state index in [-0.39, 0.29) is 18.4 Å². The topological polar surface area (TPSA) is 95.0 Å². The molecule has 1 unspecified atom stereocenters. The molecular weight excluding hydrogens is 422 g/mol. The van der Waals surface area contributed by atoms with Gasteiger partial charge in [0, 0.05) is 37.6 Å². The van der Waals surface area contributed by atoms with Crippen LogP contribution in [0, 0.1) is 12.8 Å². The predicted octanol–water partition coefficient (Wildman–Crippen LogP) is 2.94. The molecule has 9 nitrogen and oxygen atoms in total. The summed E-state index contributed by atoms with van der Waals surface area (Å²) in [4.78, 5) is 19.9. The first-order valence-electron chi connectivity index (χ1n) is 11.0. The number of nitrogens with zero attached hydrogens (tertiary/aromatic N) is 5. The average molecular weight is 447 g/mol. The molecule has 4 aromatic rings. The Labute approximate surface area is 190 Å². The van der Waals surface area contributed by atoms with E-state index in [1.54, 1.807) is 19.1 Å². The van der Waals surface area contributed by atoms with Gasteiger partial charge in [0.1, 0.15) is 23.7 Å². The Kier molecular flexibility index (Phi) is 6.03. The number of para-hydroxylation sites is 1. The number of benzene rings is 1. The number of aromatic nitrogens is 4. The molecule has 0 spiro atoms. The molecule has 4 heterocycles. The van der Waals surface area contributed by atoms with E-state index in [9.17, 15) is 4.79 Å². The van der Waals surface area contributed by atoms with Gasteiger partial charge in [0.25, 0.3) is 5.91 Å². The van der Waals surface area contributed by atoms with E-state index in [1.807, 2.05) is 41.7 Å². The van der Waals surface area contributed by atoms with Crippen LogP contribution in [-0.4, -0.2) is 56.8 Å². The summed E-state index contributed by atoms with van der Waals surface area (Å²) in [5.74, 6) is 0.568. The molecule has 1 aliphatic heterocycles. The molecule has 170 valence electrons. The highest BCUT2D eigenvalue weighted by molar-refractivity contribution is 5.97. The fraction of sp³-hybridized carbons (Fsp3) is 0.333. The Morgan fingerprint density at radius 3 is 2.94 bits per heavy atom. The van der Waals surface area contributed by atoms with E-state index in [2.05, 4.69) is 25.8 Å². The first-order chi connectivity index (χ1) is 16.2. The molecule has 1 atom stereocenters. The highest BCUT2D eigenvalue weighted by Gasteiger charge is 2.26. The first-order valence-corrected chi connectivity index (χ1v) is 11.0. The van der Waals surface area contributed by atoms with Crippen LogP contribution in [0.1, 0.15) is 27.4 Å². The lowest BCUT2D eigenvalue weighted by atomic mass is 10.0. The smallest absolute Gasteiger partial charge is 0.257 e. The maximum atomic E-state index is 13.5. The largest absolute Gasteiger partial charge is 0.486 e. The third-order valence-electron chi connectivity index (χ3n) is 5.87. The van der Waals surface area contributed by atoms with Crippen LogP contribution in [0.15, 0.2) is 59.6 Å². The molecule has 0 aliphatic carbocycles. The molecule has 0 radical (unpaired) electrons. The monoisotopic (exact) mass is 447 g/mol. The summed E-state index contributed by atoms with van der Waals surface area (Å²) in [5, 5.41) is 7.61. The summed E-state index contributed by atoms with van der Waals surface area (Å²) >= 11 is 0. The third-order valence-corrected chi connectivity index (χ3v) is 5.87. The Balaban J connectivity index is 1.32. The average Bonchev–Trinajstić information content (AvgIpc) is 3.42. The summed E-state index contributed by atoms with van der Waals surface area (Å²) in [5.41, 5.74) is 3.87. The summed E-state index contributed by atoms with van der Waals surface area (Å²) < 4.78 is 18.5. The number of aryl methyl sites for hydroxylation is 1. The fourth-order valence-electron chi connectivity index (χ4n) is 4.11. The van der Waals surface area contributed by atoms with Crippen molar-refractivity contribution < 1.29 is 18.9 Å². The van der Waals surface area contributed by atoms with Gasteiger partial charge in [-0.15, -0.1) is 0 Å². The molecule has 3 aromatic heterocycles. The molecule has 33 heavy (non-hydrogen) atoms. The highest BCUT2D eigenvalue weighted by atomic mass is 16.6. The van der Waals surface area contributed by atoms with Crippen molar-refractivity contribution in [2.75, 3.05) is 26.3 Å². The fourth-order valence-corrected chi connectivity index (χ4v) is 4.11. The predicted molar refractivity (Wildman–Crippen MR) is 119 cm³/mol. The van der Waals surface area contributed by atoms with Crippen molar-refractivity contribution in [3.05, 3.63) is 77.6 Å². The summed E-state index contributed by atoms with van der Waals surface area (Å²) in [6.45, 7) is 4.18. The zero-order chi connectivity index (χ0) is 22.6. The van der Waals surface area contributed by atoms with E-state index < -0.39 is 0 Å². The molecule has 9 heteroatoms. The SMILES string of the molecule is Cc1nonc1COc1ccccc1C(=O)N1CCOCC(Cc2nccn3cccc23)C1. The summed E-state index contributed by atoms with van der Waals surface area (Å²) in [6, 6.07) is 11.3. The highest BCUT2D eigenvalue weighted by Crippen LogP contribution is 2.24. The lowest BCUT2D eigenvalue weighted by Crippen LogP contribution is -2.36. The molecule has 0 N–H and O–H groups in total. The maximum Gasteiger partial charge on any atom is 0.257 e. The van der Waals surface area contributed by atoms with Gasteiger partial charge in [0.05, 0.1) is 30.0 Å². The number of ether oxygens (including phenoxy) is 2. The lowest BCUT2D eigenvalue weighted by Gasteiger charge is -2.24. The minimum Gasteiger partial charge on any atom is -0.486 e. The van der Waals surface area contributed by atoms with Crippen molar-refractivity contribution in [3.63, 3.8) is 0 Å². The van der Waals surface area contributed by atoms with Gasteiger partial charge in [0.2, 0.25) is 0 Å². The molecule has 0 bridgehead atoms.